The Hall–Kier alpha value is -0.450. The SMILES string of the molecule is CC(C)(C)C(=O)CN(CCO)CCO. The lowest BCUT2D eigenvalue weighted by atomic mass is 9.90. The fraction of sp³-hybridized carbons (Fsp3) is 0.900. The molecule has 0 fully saturated rings. The number of rotatable bonds is 6. The summed E-state index contributed by atoms with van der Waals surface area (Å²) in [4.78, 5) is 13.4. The number of carbonyl (C=O) groups is 1. The number of aliphatic hydroxyl groups is 2. The Labute approximate surface area is 85.5 Å². The van der Waals surface area contributed by atoms with E-state index < -0.39 is 0 Å². The van der Waals surface area contributed by atoms with Gasteiger partial charge in [-0.05, 0) is 0 Å². The highest BCUT2D eigenvalue weighted by Gasteiger charge is 2.22. The smallest absolute Gasteiger partial charge is 0.152 e. The van der Waals surface area contributed by atoms with Crippen LogP contribution in [-0.2, 0) is 4.79 Å². The van der Waals surface area contributed by atoms with E-state index in [2.05, 4.69) is 0 Å². The molecule has 0 aliphatic heterocycles. The molecule has 0 rings (SSSR count). The Morgan fingerprint density at radius 1 is 1.14 bits per heavy atom. The fourth-order valence-corrected chi connectivity index (χ4v) is 0.993. The van der Waals surface area contributed by atoms with E-state index in [0.29, 0.717) is 19.6 Å². The second-order valence-corrected chi connectivity index (χ2v) is 4.40. The van der Waals surface area contributed by atoms with Gasteiger partial charge in [0.1, 0.15) is 0 Å². The van der Waals surface area contributed by atoms with Crippen molar-refractivity contribution < 1.29 is 15.0 Å². The average molecular weight is 203 g/mol. The van der Waals surface area contributed by atoms with E-state index in [1.165, 1.54) is 0 Å². The van der Waals surface area contributed by atoms with Gasteiger partial charge in [-0.3, -0.25) is 9.69 Å². The van der Waals surface area contributed by atoms with Crippen LogP contribution in [-0.4, -0.2) is 53.7 Å². The molecule has 0 heterocycles. The normalized spacial score (nSPS) is 12.1. The molecule has 0 amide bonds. The average Bonchev–Trinajstić information content (AvgIpc) is 2.03. The summed E-state index contributed by atoms with van der Waals surface area (Å²) in [5.41, 5.74) is -0.358. The highest BCUT2D eigenvalue weighted by Crippen LogP contribution is 2.14. The molecule has 0 radical (unpaired) electrons. The van der Waals surface area contributed by atoms with Crippen LogP contribution in [0.2, 0.25) is 0 Å². The highest BCUT2D eigenvalue weighted by atomic mass is 16.3. The van der Waals surface area contributed by atoms with Gasteiger partial charge in [0.25, 0.3) is 0 Å². The molecule has 0 saturated heterocycles. The number of ketones is 1. The molecule has 0 unspecified atom stereocenters. The quantitative estimate of drug-likeness (QED) is 0.632. The van der Waals surface area contributed by atoms with Crippen molar-refractivity contribution in [2.45, 2.75) is 20.8 Å². The first-order valence-electron chi connectivity index (χ1n) is 4.89. The summed E-state index contributed by atoms with van der Waals surface area (Å²) < 4.78 is 0. The molecule has 84 valence electrons. The second kappa shape index (κ2) is 6.11. The van der Waals surface area contributed by atoms with E-state index in [1.54, 1.807) is 4.90 Å². The molecule has 0 bridgehead atoms. The second-order valence-electron chi connectivity index (χ2n) is 4.40. The van der Waals surface area contributed by atoms with Crippen molar-refractivity contribution in [1.29, 1.82) is 0 Å². The minimum atomic E-state index is -0.358. The van der Waals surface area contributed by atoms with Crippen LogP contribution in [0.15, 0.2) is 0 Å². The van der Waals surface area contributed by atoms with E-state index in [4.69, 9.17) is 10.2 Å². The predicted molar refractivity (Wildman–Crippen MR) is 55.1 cm³/mol. The first-order valence-corrected chi connectivity index (χ1v) is 4.89. The van der Waals surface area contributed by atoms with Crippen molar-refractivity contribution in [1.82, 2.24) is 4.90 Å². The molecule has 0 saturated carbocycles. The molecule has 0 aromatic heterocycles. The zero-order chi connectivity index (χ0) is 11.2. The number of hydrogen-bond acceptors (Lipinski definition) is 4. The van der Waals surface area contributed by atoms with Crippen molar-refractivity contribution in [2.75, 3.05) is 32.8 Å². The molecule has 0 aliphatic carbocycles. The third-order valence-corrected chi connectivity index (χ3v) is 2.04. The van der Waals surface area contributed by atoms with Crippen LogP contribution in [0.5, 0.6) is 0 Å². The molecule has 4 heteroatoms. The summed E-state index contributed by atoms with van der Waals surface area (Å²) in [5.74, 6) is 0.124. The van der Waals surface area contributed by atoms with Crippen LogP contribution in [0, 0.1) is 5.41 Å². The zero-order valence-electron chi connectivity index (χ0n) is 9.29. The number of aliphatic hydroxyl groups excluding tert-OH is 2. The summed E-state index contributed by atoms with van der Waals surface area (Å²) >= 11 is 0. The maximum Gasteiger partial charge on any atom is 0.152 e. The van der Waals surface area contributed by atoms with Crippen molar-refractivity contribution in [2.24, 2.45) is 5.41 Å². The molecule has 0 atom stereocenters. The lowest BCUT2D eigenvalue weighted by Crippen LogP contribution is -2.38. The van der Waals surface area contributed by atoms with Crippen LogP contribution < -0.4 is 0 Å². The van der Waals surface area contributed by atoms with Gasteiger partial charge < -0.3 is 10.2 Å². The maximum absolute atomic E-state index is 11.6. The molecule has 0 aliphatic rings. The van der Waals surface area contributed by atoms with Crippen LogP contribution in [0.3, 0.4) is 0 Å². The van der Waals surface area contributed by atoms with Gasteiger partial charge >= 0.3 is 0 Å². The molecule has 4 nitrogen and oxygen atoms in total. The Balaban J connectivity index is 4.08. The van der Waals surface area contributed by atoms with Gasteiger partial charge in [0.05, 0.1) is 19.8 Å². The number of hydrogen-bond donors (Lipinski definition) is 2. The minimum absolute atomic E-state index is 0.0113. The summed E-state index contributed by atoms with van der Waals surface area (Å²) in [7, 11) is 0. The Morgan fingerprint density at radius 2 is 1.57 bits per heavy atom. The maximum atomic E-state index is 11.6. The highest BCUT2D eigenvalue weighted by molar-refractivity contribution is 5.85. The van der Waals surface area contributed by atoms with Crippen LogP contribution >= 0.6 is 0 Å². The Bertz CT molecular complexity index is 169. The van der Waals surface area contributed by atoms with Gasteiger partial charge in [-0.2, -0.15) is 0 Å². The lowest BCUT2D eigenvalue weighted by Gasteiger charge is -2.24. The lowest BCUT2D eigenvalue weighted by molar-refractivity contribution is -0.127. The summed E-state index contributed by atoms with van der Waals surface area (Å²) in [6.07, 6.45) is 0. The first-order chi connectivity index (χ1) is 6.41. The summed E-state index contributed by atoms with van der Waals surface area (Å²) in [5, 5.41) is 17.5. The molecule has 14 heavy (non-hydrogen) atoms. The van der Waals surface area contributed by atoms with E-state index in [0.717, 1.165) is 0 Å². The largest absolute Gasteiger partial charge is 0.395 e. The Morgan fingerprint density at radius 3 is 1.86 bits per heavy atom. The molecule has 0 aromatic carbocycles. The Kier molecular flexibility index (Phi) is 5.92. The van der Waals surface area contributed by atoms with Crippen molar-refractivity contribution >= 4 is 5.78 Å². The first kappa shape index (κ1) is 13.5. The van der Waals surface area contributed by atoms with E-state index in [9.17, 15) is 4.79 Å². The monoisotopic (exact) mass is 203 g/mol. The predicted octanol–water partition coefficient (Wildman–Crippen LogP) is -0.112. The van der Waals surface area contributed by atoms with Crippen LogP contribution in [0.1, 0.15) is 20.8 Å². The van der Waals surface area contributed by atoms with Gasteiger partial charge in [0.2, 0.25) is 0 Å². The van der Waals surface area contributed by atoms with Gasteiger partial charge in [-0.25, -0.2) is 0 Å². The molecule has 0 spiro atoms. The number of nitrogens with zero attached hydrogens (tertiary/aromatic N) is 1. The van der Waals surface area contributed by atoms with Gasteiger partial charge in [-0.15, -0.1) is 0 Å². The topological polar surface area (TPSA) is 60.8 Å². The van der Waals surface area contributed by atoms with Gasteiger partial charge in [0.15, 0.2) is 5.78 Å². The molecule has 0 aromatic rings. The number of carbonyl (C=O) groups excluding carboxylic acids is 1. The third-order valence-electron chi connectivity index (χ3n) is 2.04. The minimum Gasteiger partial charge on any atom is -0.395 e. The van der Waals surface area contributed by atoms with Gasteiger partial charge in [0, 0.05) is 18.5 Å². The van der Waals surface area contributed by atoms with E-state index in [-0.39, 0.29) is 24.4 Å². The van der Waals surface area contributed by atoms with Crippen molar-refractivity contribution in [3.63, 3.8) is 0 Å². The van der Waals surface area contributed by atoms with Crippen molar-refractivity contribution in [3.05, 3.63) is 0 Å². The molecule has 2 N–H and O–H groups in total. The van der Waals surface area contributed by atoms with Crippen molar-refractivity contribution in [3.8, 4) is 0 Å². The van der Waals surface area contributed by atoms with Crippen LogP contribution in [0.4, 0.5) is 0 Å². The fourth-order valence-electron chi connectivity index (χ4n) is 0.993. The zero-order valence-corrected chi connectivity index (χ0v) is 9.29. The van der Waals surface area contributed by atoms with Gasteiger partial charge in [-0.1, -0.05) is 20.8 Å². The van der Waals surface area contributed by atoms with E-state index >= 15 is 0 Å². The third kappa shape index (κ3) is 5.32. The standard InChI is InChI=1S/C10H21NO3/c1-10(2,3)9(14)8-11(4-6-12)5-7-13/h12-13H,4-8H2,1-3H3. The molecular weight excluding hydrogens is 182 g/mol. The summed E-state index contributed by atoms with van der Waals surface area (Å²) in [6.45, 7) is 6.78. The molecular formula is C10H21NO3. The van der Waals surface area contributed by atoms with E-state index in [1.807, 2.05) is 20.8 Å². The van der Waals surface area contributed by atoms with Crippen LogP contribution in [0.25, 0.3) is 0 Å². The summed E-state index contributed by atoms with van der Waals surface area (Å²) in [6, 6.07) is 0. The number of Topliss-reactive ketones (excluding diaryl/α,β-unsaturated/α-hetero) is 1.